The molecule has 2 aromatic rings. The normalized spacial score (nSPS) is 14.0. The van der Waals surface area contributed by atoms with Gasteiger partial charge >= 0.3 is 12.1 Å². The lowest BCUT2D eigenvalue weighted by Crippen LogP contribution is -2.57. The molecule has 0 radical (unpaired) electrons. The molecule has 2 N–H and O–H groups in total. The SMILES string of the molecule is CCC(C)(NC(=O)OCC1c2ccccc2-c2ccccc21)C(=O)N(C)CCCCC(=O)O. The molecule has 7 nitrogen and oxygen atoms in total. The van der Waals surface area contributed by atoms with E-state index in [1.807, 2.05) is 31.2 Å². The second-order valence-electron chi connectivity index (χ2n) is 8.71. The molecular weight excluding hydrogens is 420 g/mol. The van der Waals surface area contributed by atoms with Gasteiger partial charge in [0.1, 0.15) is 12.1 Å². The number of alkyl carbamates (subject to hydrolysis) is 1. The molecule has 3 rings (SSSR count). The molecule has 0 bridgehead atoms. The van der Waals surface area contributed by atoms with Crippen LogP contribution in [0.15, 0.2) is 48.5 Å². The first-order chi connectivity index (χ1) is 15.8. The minimum Gasteiger partial charge on any atom is -0.481 e. The Morgan fingerprint density at radius 1 is 1.03 bits per heavy atom. The number of nitrogens with one attached hydrogen (secondary N) is 1. The second kappa shape index (κ2) is 10.5. The summed E-state index contributed by atoms with van der Waals surface area (Å²) in [5.74, 6) is -1.13. The minimum atomic E-state index is -1.11. The highest BCUT2D eigenvalue weighted by atomic mass is 16.5. The third-order valence-corrected chi connectivity index (χ3v) is 6.38. The van der Waals surface area contributed by atoms with Crippen molar-refractivity contribution < 1.29 is 24.2 Å². The lowest BCUT2D eigenvalue weighted by Gasteiger charge is -2.32. The predicted octanol–water partition coefficient (Wildman–Crippen LogP) is 4.41. The Morgan fingerprint density at radius 3 is 2.15 bits per heavy atom. The lowest BCUT2D eigenvalue weighted by molar-refractivity contribution is -0.137. The summed E-state index contributed by atoms with van der Waals surface area (Å²) >= 11 is 0. The van der Waals surface area contributed by atoms with E-state index in [0.717, 1.165) is 22.3 Å². The Hall–Kier alpha value is -3.35. The Bertz CT molecular complexity index is 976. The molecule has 0 aromatic heterocycles. The van der Waals surface area contributed by atoms with Crippen molar-refractivity contribution in [2.45, 2.75) is 51.0 Å². The van der Waals surface area contributed by atoms with Crippen LogP contribution in [0.1, 0.15) is 56.6 Å². The molecule has 1 aliphatic carbocycles. The molecule has 0 spiro atoms. The molecular formula is C26H32N2O5. The van der Waals surface area contributed by atoms with Crippen LogP contribution in [0, 0.1) is 0 Å². The number of nitrogens with zero attached hydrogens (tertiary/aromatic N) is 1. The summed E-state index contributed by atoms with van der Waals surface area (Å²) in [6.45, 7) is 4.12. The first kappa shape index (κ1) is 24.3. The van der Waals surface area contributed by atoms with E-state index in [2.05, 4.69) is 29.6 Å². The minimum absolute atomic E-state index is 0.0522. The molecule has 7 heteroatoms. The number of carbonyl (C=O) groups excluding carboxylic acids is 2. The zero-order valence-electron chi connectivity index (χ0n) is 19.5. The van der Waals surface area contributed by atoms with Crippen molar-refractivity contribution in [1.82, 2.24) is 10.2 Å². The van der Waals surface area contributed by atoms with Crippen LogP contribution in [0.25, 0.3) is 11.1 Å². The van der Waals surface area contributed by atoms with E-state index in [1.165, 1.54) is 4.90 Å². The average molecular weight is 453 g/mol. The molecule has 0 saturated carbocycles. The van der Waals surface area contributed by atoms with Gasteiger partial charge in [-0.1, -0.05) is 55.5 Å². The van der Waals surface area contributed by atoms with E-state index in [4.69, 9.17) is 9.84 Å². The highest BCUT2D eigenvalue weighted by Crippen LogP contribution is 2.44. The van der Waals surface area contributed by atoms with E-state index in [0.29, 0.717) is 25.8 Å². The zero-order chi connectivity index (χ0) is 24.0. The number of fused-ring (bicyclic) bond motifs is 3. The molecule has 0 fully saturated rings. The van der Waals surface area contributed by atoms with Gasteiger partial charge in [0, 0.05) is 25.9 Å². The van der Waals surface area contributed by atoms with Gasteiger partial charge in [0.15, 0.2) is 0 Å². The number of carboxylic acid groups (broad SMARTS) is 1. The Balaban J connectivity index is 1.60. The number of aliphatic carboxylic acids is 1. The van der Waals surface area contributed by atoms with E-state index >= 15 is 0 Å². The van der Waals surface area contributed by atoms with Crippen LogP contribution in [0.3, 0.4) is 0 Å². The summed E-state index contributed by atoms with van der Waals surface area (Å²) in [7, 11) is 1.66. The number of rotatable bonds is 10. The standard InChI is InChI=1S/C26H32N2O5/c1-4-26(2,24(31)28(3)16-10-9-15-23(29)30)27-25(32)33-17-22-20-13-7-5-11-18(20)19-12-6-8-14-21(19)22/h5-8,11-14,22H,4,9-10,15-17H2,1-3H3,(H,27,32)(H,29,30). The van der Waals surface area contributed by atoms with Gasteiger partial charge in [0.2, 0.25) is 5.91 Å². The maximum Gasteiger partial charge on any atom is 0.408 e. The molecule has 33 heavy (non-hydrogen) atoms. The largest absolute Gasteiger partial charge is 0.481 e. The van der Waals surface area contributed by atoms with Gasteiger partial charge < -0.3 is 20.1 Å². The fourth-order valence-electron chi connectivity index (χ4n) is 4.30. The number of hydrogen-bond donors (Lipinski definition) is 2. The molecule has 1 aliphatic rings. The van der Waals surface area contributed by atoms with Gasteiger partial charge in [-0.15, -0.1) is 0 Å². The van der Waals surface area contributed by atoms with Gasteiger partial charge in [-0.25, -0.2) is 4.79 Å². The number of likely N-dealkylation sites (N-methyl/N-ethyl adjacent to an activating group) is 1. The highest BCUT2D eigenvalue weighted by molar-refractivity contribution is 5.89. The summed E-state index contributed by atoms with van der Waals surface area (Å²) in [5.41, 5.74) is 3.45. The molecule has 0 heterocycles. The third-order valence-electron chi connectivity index (χ3n) is 6.38. The van der Waals surface area contributed by atoms with E-state index in [9.17, 15) is 14.4 Å². The van der Waals surface area contributed by atoms with Crippen LogP contribution in [-0.2, 0) is 14.3 Å². The highest BCUT2D eigenvalue weighted by Gasteiger charge is 2.36. The summed E-state index contributed by atoms with van der Waals surface area (Å²) in [5, 5.41) is 11.5. The summed E-state index contributed by atoms with van der Waals surface area (Å²) < 4.78 is 5.61. The summed E-state index contributed by atoms with van der Waals surface area (Å²) in [4.78, 5) is 37.9. The summed E-state index contributed by atoms with van der Waals surface area (Å²) in [6.07, 6.45) is 0.920. The fraction of sp³-hybridized carbons (Fsp3) is 0.423. The number of carboxylic acids is 1. The number of benzene rings is 2. The van der Waals surface area contributed by atoms with Crippen molar-refractivity contribution in [1.29, 1.82) is 0 Å². The monoisotopic (exact) mass is 452 g/mol. The van der Waals surface area contributed by atoms with E-state index in [1.54, 1.807) is 14.0 Å². The van der Waals surface area contributed by atoms with Gasteiger partial charge in [0.05, 0.1) is 0 Å². The van der Waals surface area contributed by atoms with Crippen molar-refractivity contribution in [3.05, 3.63) is 59.7 Å². The second-order valence-corrected chi connectivity index (χ2v) is 8.71. The molecule has 1 atom stereocenters. The quantitative estimate of drug-likeness (QED) is 0.521. The fourth-order valence-corrected chi connectivity index (χ4v) is 4.30. The number of hydrogen-bond acceptors (Lipinski definition) is 4. The van der Waals surface area contributed by atoms with Crippen molar-refractivity contribution in [2.75, 3.05) is 20.2 Å². The topological polar surface area (TPSA) is 95.9 Å². The van der Waals surface area contributed by atoms with Crippen LogP contribution in [-0.4, -0.2) is 53.7 Å². The first-order valence-electron chi connectivity index (χ1n) is 11.4. The van der Waals surface area contributed by atoms with Crippen molar-refractivity contribution >= 4 is 18.0 Å². The van der Waals surface area contributed by atoms with Gasteiger partial charge in [-0.3, -0.25) is 9.59 Å². The van der Waals surface area contributed by atoms with E-state index in [-0.39, 0.29) is 24.9 Å². The van der Waals surface area contributed by atoms with Crippen LogP contribution >= 0.6 is 0 Å². The van der Waals surface area contributed by atoms with Crippen LogP contribution in [0.5, 0.6) is 0 Å². The van der Waals surface area contributed by atoms with Crippen LogP contribution < -0.4 is 5.32 Å². The maximum atomic E-state index is 13.0. The number of ether oxygens (including phenoxy) is 1. The van der Waals surface area contributed by atoms with Crippen molar-refractivity contribution in [3.8, 4) is 11.1 Å². The van der Waals surface area contributed by atoms with Gasteiger partial charge in [-0.2, -0.15) is 0 Å². The predicted molar refractivity (Wildman–Crippen MR) is 126 cm³/mol. The Labute approximate surface area is 194 Å². The molecule has 176 valence electrons. The first-order valence-corrected chi connectivity index (χ1v) is 11.4. The van der Waals surface area contributed by atoms with E-state index < -0.39 is 17.6 Å². The average Bonchev–Trinajstić information content (AvgIpc) is 3.13. The van der Waals surface area contributed by atoms with Crippen molar-refractivity contribution in [2.24, 2.45) is 0 Å². The Kier molecular flexibility index (Phi) is 7.74. The lowest BCUT2D eigenvalue weighted by atomic mass is 9.97. The number of carbonyl (C=O) groups is 3. The zero-order valence-corrected chi connectivity index (χ0v) is 19.5. The summed E-state index contributed by atoms with van der Waals surface area (Å²) in [6, 6.07) is 16.2. The maximum absolute atomic E-state index is 13.0. The molecule has 2 amide bonds. The van der Waals surface area contributed by atoms with Crippen molar-refractivity contribution in [3.63, 3.8) is 0 Å². The third kappa shape index (κ3) is 5.53. The van der Waals surface area contributed by atoms with Gasteiger partial charge in [-0.05, 0) is 48.4 Å². The molecule has 2 aromatic carbocycles. The Morgan fingerprint density at radius 2 is 1.61 bits per heavy atom. The number of unbranched alkanes of at least 4 members (excludes halogenated alkanes) is 1. The molecule has 1 unspecified atom stereocenters. The number of amides is 2. The van der Waals surface area contributed by atoms with Crippen LogP contribution in [0.4, 0.5) is 4.79 Å². The van der Waals surface area contributed by atoms with Crippen LogP contribution in [0.2, 0.25) is 0 Å². The van der Waals surface area contributed by atoms with Gasteiger partial charge in [0.25, 0.3) is 0 Å². The smallest absolute Gasteiger partial charge is 0.408 e. The molecule has 0 aliphatic heterocycles. The molecule has 0 saturated heterocycles.